The van der Waals surface area contributed by atoms with Crippen molar-refractivity contribution in [2.24, 2.45) is 5.73 Å². The average molecular weight is 386 g/mol. The summed E-state index contributed by atoms with van der Waals surface area (Å²) in [4.78, 5) is 26.6. The maximum atomic E-state index is 13.7. The molecule has 1 saturated heterocycles. The van der Waals surface area contributed by atoms with Gasteiger partial charge in [-0.2, -0.15) is 0 Å². The SMILES string of the molecule is C[C@@H](CN)NC(=O)C1CCCCN1C(=O)c1ccc(Br)c(F)c1. The third-order valence-electron chi connectivity index (χ3n) is 3.98. The number of nitrogens with two attached hydrogens (primary N) is 1. The fourth-order valence-electron chi connectivity index (χ4n) is 2.64. The van der Waals surface area contributed by atoms with E-state index in [-0.39, 0.29) is 23.4 Å². The molecule has 2 rings (SSSR count). The summed E-state index contributed by atoms with van der Waals surface area (Å²) in [6, 6.07) is 3.57. The molecule has 1 aromatic rings. The largest absolute Gasteiger partial charge is 0.351 e. The molecule has 1 aliphatic rings. The molecule has 0 bridgehead atoms. The van der Waals surface area contributed by atoms with Crippen molar-refractivity contribution in [3.8, 4) is 0 Å². The van der Waals surface area contributed by atoms with Crippen LogP contribution in [0.4, 0.5) is 4.39 Å². The maximum Gasteiger partial charge on any atom is 0.254 e. The number of hydrogen-bond acceptors (Lipinski definition) is 3. The molecule has 1 aliphatic heterocycles. The van der Waals surface area contributed by atoms with Gasteiger partial charge in [-0.3, -0.25) is 9.59 Å². The molecule has 0 radical (unpaired) electrons. The zero-order valence-electron chi connectivity index (χ0n) is 13.0. The molecule has 2 amide bonds. The Balaban J connectivity index is 2.18. The number of hydrogen-bond donors (Lipinski definition) is 2. The lowest BCUT2D eigenvalue weighted by Gasteiger charge is -2.35. The van der Waals surface area contributed by atoms with Gasteiger partial charge in [0.05, 0.1) is 4.47 Å². The minimum Gasteiger partial charge on any atom is -0.351 e. The molecule has 0 aromatic heterocycles. The van der Waals surface area contributed by atoms with Crippen LogP contribution in [0, 0.1) is 5.82 Å². The molecule has 2 atom stereocenters. The number of piperidine rings is 1. The highest BCUT2D eigenvalue weighted by atomic mass is 79.9. The van der Waals surface area contributed by atoms with Crippen LogP contribution in [0.2, 0.25) is 0 Å². The molecule has 0 saturated carbocycles. The molecule has 0 spiro atoms. The number of carbonyl (C=O) groups is 2. The van der Waals surface area contributed by atoms with Gasteiger partial charge < -0.3 is 16.0 Å². The minimum atomic E-state index is -0.531. The van der Waals surface area contributed by atoms with Gasteiger partial charge in [-0.1, -0.05) is 0 Å². The lowest BCUT2D eigenvalue weighted by atomic mass is 9.99. The number of likely N-dealkylation sites (tertiary alicyclic amines) is 1. The van der Waals surface area contributed by atoms with E-state index in [0.29, 0.717) is 24.0 Å². The van der Waals surface area contributed by atoms with Crippen LogP contribution in [0.15, 0.2) is 22.7 Å². The van der Waals surface area contributed by atoms with Crippen LogP contribution in [0.3, 0.4) is 0 Å². The fourth-order valence-corrected chi connectivity index (χ4v) is 2.89. The van der Waals surface area contributed by atoms with Crippen molar-refractivity contribution in [2.45, 2.75) is 38.3 Å². The Kier molecular flexibility index (Phi) is 6.12. The van der Waals surface area contributed by atoms with E-state index in [4.69, 9.17) is 5.73 Å². The Hall–Kier alpha value is -1.47. The van der Waals surface area contributed by atoms with Crippen LogP contribution >= 0.6 is 15.9 Å². The van der Waals surface area contributed by atoms with Crippen LogP contribution in [0.1, 0.15) is 36.5 Å². The van der Waals surface area contributed by atoms with E-state index in [2.05, 4.69) is 21.2 Å². The second-order valence-corrected chi connectivity index (χ2v) is 6.64. The molecule has 126 valence electrons. The molecule has 23 heavy (non-hydrogen) atoms. The van der Waals surface area contributed by atoms with Crippen LogP contribution < -0.4 is 11.1 Å². The van der Waals surface area contributed by atoms with Gasteiger partial charge in [-0.15, -0.1) is 0 Å². The number of rotatable bonds is 4. The van der Waals surface area contributed by atoms with Crippen LogP contribution in [0.25, 0.3) is 0 Å². The number of amides is 2. The molecule has 1 aromatic carbocycles. The van der Waals surface area contributed by atoms with Gasteiger partial charge in [0.2, 0.25) is 5.91 Å². The zero-order valence-corrected chi connectivity index (χ0v) is 14.6. The highest BCUT2D eigenvalue weighted by Crippen LogP contribution is 2.22. The van der Waals surface area contributed by atoms with E-state index >= 15 is 0 Å². The summed E-state index contributed by atoms with van der Waals surface area (Å²) in [5.41, 5.74) is 5.77. The van der Waals surface area contributed by atoms with Crippen LogP contribution in [0.5, 0.6) is 0 Å². The molecule has 1 unspecified atom stereocenters. The van der Waals surface area contributed by atoms with Gasteiger partial charge in [0.15, 0.2) is 0 Å². The normalized spacial score (nSPS) is 19.3. The monoisotopic (exact) mass is 385 g/mol. The number of benzene rings is 1. The quantitative estimate of drug-likeness (QED) is 0.832. The number of halogens is 2. The summed E-state index contributed by atoms with van der Waals surface area (Å²) in [6.45, 7) is 2.65. The van der Waals surface area contributed by atoms with Crippen molar-refractivity contribution < 1.29 is 14.0 Å². The van der Waals surface area contributed by atoms with Gasteiger partial charge in [0.25, 0.3) is 5.91 Å². The maximum absolute atomic E-state index is 13.7. The summed E-state index contributed by atoms with van der Waals surface area (Å²) in [5.74, 6) is -1.02. The van der Waals surface area contributed by atoms with Crippen molar-refractivity contribution in [1.82, 2.24) is 10.2 Å². The first-order valence-electron chi connectivity index (χ1n) is 7.70. The highest BCUT2D eigenvalue weighted by molar-refractivity contribution is 9.10. The second-order valence-electron chi connectivity index (χ2n) is 5.78. The molecule has 7 heteroatoms. The van der Waals surface area contributed by atoms with Crippen molar-refractivity contribution in [3.05, 3.63) is 34.1 Å². The van der Waals surface area contributed by atoms with Crippen molar-refractivity contribution in [1.29, 1.82) is 0 Å². The predicted octanol–water partition coefficient (Wildman–Crippen LogP) is 2.05. The number of carbonyl (C=O) groups excluding carboxylic acids is 2. The highest BCUT2D eigenvalue weighted by Gasteiger charge is 2.33. The predicted molar refractivity (Wildman–Crippen MR) is 89.4 cm³/mol. The van der Waals surface area contributed by atoms with Gasteiger partial charge in [-0.05, 0) is 60.3 Å². The van der Waals surface area contributed by atoms with E-state index in [0.717, 1.165) is 12.8 Å². The van der Waals surface area contributed by atoms with Crippen LogP contribution in [-0.2, 0) is 4.79 Å². The molecule has 1 heterocycles. The van der Waals surface area contributed by atoms with Crippen molar-refractivity contribution in [2.75, 3.05) is 13.1 Å². The van der Waals surface area contributed by atoms with Crippen molar-refractivity contribution in [3.63, 3.8) is 0 Å². The summed E-state index contributed by atoms with van der Waals surface area (Å²) in [5, 5.41) is 2.82. The summed E-state index contributed by atoms with van der Waals surface area (Å²) in [6.07, 6.45) is 2.32. The fraction of sp³-hybridized carbons (Fsp3) is 0.500. The Morgan fingerprint density at radius 2 is 2.22 bits per heavy atom. The van der Waals surface area contributed by atoms with Gasteiger partial charge in [0.1, 0.15) is 11.9 Å². The molecule has 1 fully saturated rings. The third kappa shape index (κ3) is 4.29. The lowest BCUT2D eigenvalue weighted by molar-refractivity contribution is -0.127. The van der Waals surface area contributed by atoms with Crippen molar-refractivity contribution >= 4 is 27.7 Å². The minimum absolute atomic E-state index is 0.147. The first-order chi connectivity index (χ1) is 10.9. The Morgan fingerprint density at radius 3 is 2.87 bits per heavy atom. The third-order valence-corrected chi connectivity index (χ3v) is 4.62. The standard InChI is InChI=1S/C16H21BrFN3O2/c1-10(9-19)20-15(22)14-4-2-3-7-21(14)16(23)11-5-6-12(17)13(18)8-11/h5-6,8,10,14H,2-4,7,9,19H2,1H3,(H,20,22)/t10-,14?/m0/s1. The van der Waals surface area contributed by atoms with Gasteiger partial charge >= 0.3 is 0 Å². The van der Waals surface area contributed by atoms with Crippen LogP contribution in [-0.4, -0.2) is 41.9 Å². The average Bonchev–Trinajstić information content (AvgIpc) is 2.56. The molecule has 5 nitrogen and oxygen atoms in total. The smallest absolute Gasteiger partial charge is 0.254 e. The van der Waals surface area contributed by atoms with E-state index in [1.807, 2.05) is 6.92 Å². The first kappa shape index (κ1) is 17.9. The first-order valence-corrected chi connectivity index (χ1v) is 8.49. The Morgan fingerprint density at radius 1 is 1.48 bits per heavy atom. The van der Waals surface area contributed by atoms with E-state index in [1.165, 1.54) is 17.0 Å². The topological polar surface area (TPSA) is 75.4 Å². The van der Waals surface area contributed by atoms with E-state index in [1.54, 1.807) is 6.07 Å². The molecular formula is C16H21BrFN3O2. The Bertz CT molecular complexity index is 597. The molecule has 0 aliphatic carbocycles. The van der Waals surface area contributed by atoms with Gasteiger partial charge in [0, 0.05) is 24.7 Å². The van der Waals surface area contributed by atoms with E-state index in [9.17, 15) is 14.0 Å². The molecular weight excluding hydrogens is 365 g/mol. The molecule has 3 N–H and O–H groups in total. The number of nitrogens with zero attached hydrogens (tertiary/aromatic N) is 1. The van der Waals surface area contributed by atoms with Gasteiger partial charge in [-0.25, -0.2) is 4.39 Å². The van der Waals surface area contributed by atoms with E-state index < -0.39 is 11.9 Å². The Labute approximate surface area is 143 Å². The summed E-state index contributed by atoms with van der Waals surface area (Å²) < 4.78 is 14.0. The summed E-state index contributed by atoms with van der Waals surface area (Å²) in [7, 11) is 0. The number of nitrogens with one attached hydrogen (secondary N) is 1. The lowest BCUT2D eigenvalue weighted by Crippen LogP contribution is -2.54. The zero-order chi connectivity index (χ0) is 17.0. The second kappa shape index (κ2) is 7.88. The summed E-state index contributed by atoms with van der Waals surface area (Å²) >= 11 is 3.07.